The lowest BCUT2D eigenvalue weighted by Gasteiger charge is -2.12. The fourth-order valence-corrected chi connectivity index (χ4v) is 4.26. The van der Waals surface area contributed by atoms with Gasteiger partial charge in [0.15, 0.2) is 5.82 Å². The highest BCUT2D eigenvalue weighted by Gasteiger charge is 2.17. The topological polar surface area (TPSA) is 30.7 Å². The summed E-state index contributed by atoms with van der Waals surface area (Å²) in [7, 11) is 0. The van der Waals surface area contributed by atoms with Crippen molar-refractivity contribution in [2.45, 2.75) is 20.8 Å². The summed E-state index contributed by atoms with van der Waals surface area (Å²) in [5.41, 5.74) is 5.52. The molecule has 0 bridgehead atoms. The number of nitrogens with zero attached hydrogens (tertiary/aromatic N) is 3. The second-order valence-electron chi connectivity index (χ2n) is 7.63. The number of rotatable bonds is 2. The minimum absolute atomic E-state index is 0.738. The molecule has 0 atom stereocenters. The number of hydrogen-bond donors (Lipinski definition) is 0. The first-order valence-electron chi connectivity index (χ1n) is 11.1. The van der Waals surface area contributed by atoms with Gasteiger partial charge in [0.05, 0.1) is 16.6 Å². The highest BCUT2D eigenvalue weighted by Crippen LogP contribution is 2.34. The Hall–Kier alpha value is -3.98. The molecule has 0 saturated heterocycles. The fraction of sp³-hybridized carbons (Fsp3) is 0.103. The summed E-state index contributed by atoms with van der Waals surface area (Å²) in [5.74, 6) is 1.65. The quantitative estimate of drug-likeness (QED) is 0.290. The summed E-state index contributed by atoms with van der Waals surface area (Å²) in [4.78, 5) is 9.95. The maximum absolute atomic E-state index is 5.09. The standard InChI is InChI=1S/C27H19N3.C2H6/c1-18-15-16-25-22(17-18)20-11-6-8-14-24(20)30(25)27-21-12-5-7-13-23(21)28-26(29-27)19-9-3-2-4-10-19;1-2/h2-17H,1H3;1-2H3. The van der Waals surface area contributed by atoms with Crippen molar-refractivity contribution in [2.24, 2.45) is 0 Å². The molecule has 2 aromatic heterocycles. The van der Waals surface area contributed by atoms with E-state index in [2.05, 4.69) is 84.3 Å². The molecule has 0 radical (unpaired) electrons. The van der Waals surface area contributed by atoms with Gasteiger partial charge in [-0.05, 0) is 37.3 Å². The third-order valence-electron chi connectivity index (χ3n) is 5.65. The average molecular weight is 416 g/mol. The van der Waals surface area contributed by atoms with Crippen molar-refractivity contribution in [3.05, 3.63) is 103 Å². The van der Waals surface area contributed by atoms with Crippen LogP contribution in [0.1, 0.15) is 19.4 Å². The average Bonchev–Trinajstić information content (AvgIpc) is 3.18. The molecule has 0 aliphatic heterocycles. The molecule has 0 unspecified atom stereocenters. The van der Waals surface area contributed by atoms with Crippen molar-refractivity contribution in [2.75, 3.05) is 0 Å². The van der Waals surface area contributed by atoms with Crippen LogP contribution in [0.3, 0.4) is 0 Å². The van der Waals surface area contributed by atoms with E-state index >= 15 is 0 Å². The summed E-state index contributed by atoms with van der Waals surface area (Å²) >= 11 is 0. The summed E-state index contributed by atoms with van der Waals surface area (Å²) in [6, 6.07) is 33.6. The van der Waals surface area contributed by atoms with E-state index in [1.807, 2.05) is 38.1 Å². The SMILES string of the molecule is CC.Cc1ccc2c(c1)c1ccccc1n2-c1nc(-c2ccccc2)nc2ccccc12. The molecule has 6 aromatic rings. The number of benzene rings is 4. The van der Waals surface area contributed by atoms with Gasteiger partial charge in [-0.3, -0.25) is 4.57 Å². The van der Waals surface area contributed by atoms with Gasteiger partial charge in [0.25, 0.3) is 0 Å². The van der Waals surface area contributed by atoms with E-state index in [1.54, 1.807) is 0 Å². The number of fused-ring (bicyclic) bond motifs is 4. The third kappa shape index (κ3) is 3.23. The van der Waals surface area contributed by atoms with Gasteiger partial charge < -0.3 is 0 Å². The van der Waals surface area contributed by atoms with E-state index in [0.717, 1.165) is 39.1 Å². The number of aromatic nitrogens is 3. The monoisotopic (exact) mass is 415 g/mol. The molecule has 6 rings (SSSR count). The van der Waals surface area contributed by atoms with Crippen LogP contribution < -0.4 is 0 Å². The van der Waals surface area contributed by atoms with E-state index in [9.17, 15) is 0 Å². The summed E-state index contributed by atoms with van der Waals surface area (Å²) in [6.07, 6.45) is 0. The first-order chi connectivity index (χ1) is 15.8. The van der Waals surface area contributed by atoms with E-state index in [4.69, 9.17) is 9.97 Å². The van der Waals surface area contributed by atoms with Gasteiger partial charge in [-0.25, -0.2) is 9.97 Å². The first-order valence-corrected chi connectivity index (χ1v) is 11.1. The van der Waals surface area contributed by atoms with Crippen LogP contribution in [0.5, 0.6) is 0 Å². The van der Waals surface area contributed by atoms with Crippen molar-refractivity contribution < 1.29 is 0 Å². The first kappa shape index (κ1) is 20.0. The Bertz CT molecular complexity index is 1550. The Balaban J connectivity index is 0.00000105. The molecule has 0 saturated carbocycles. The van der Waals surface area contributed by atoms with Gasteiger partial charge >= 0.3 is 0 Å². The molecular formula is C29H25N3. The van der Waals surface area contributed by atoms with E-state index < -0.39 is 0 Å². The fourth-order valence-electron chi connectivity index (χ4n) is 4.26. The minimum atomic E-state index is 0.738. The number of aryl methyl sites for hydroxylation is 1. The molecular weight excluding hydrogens is 390 g/mol. The molecule has 0 amide bonds. The summed E-state index contributed by atoms with van der Waals surface area (Å²) in [6.45, 7) is 6.14. The van der Waals surface area contributed by atoms with Gasteiger partial charge in [-0.1, -0.05) is 86.1 Å². The molecule has 32 heavy (non-hydrogen) atoms. The third-order valence-corrected chi connectivity index (χ3v) is 5.65. The van der Waals surface area contributed by atoms with Crippen molar-refractivity contribution in [3.63, 3.8) is 0 Å². The second kappa shape index (κ2) is 8.27. The molecule has 3 heteroatoms. The molecule has 0 aliphatic carbocycles. The molecule has 2 heterocycles. The zero-order valence-corrected chi connectivity index (χ0v) is 18.6. The van der Waals surface area contributed by atoms with Crippen molar-refractivity contribution in [1.82, 2.24) is 14.5 Å². The summed E-state index contributed by atoms with van der Waals surface area (Å²) in [5, 5.41) is 3.52. The maximum Gasteiger partial charge on any atom is 0.162 e. The molecule has 0 N–H and O–H groups in total. The van der Waals surface area contributed by atoms with Crippen LogP contribution in [0.2, 0.25) is 0 Å². The van der Waals surface area contributed by atoms with E-state index in [0.29, 0.717) is 0 Å². The Kier molecular flexibility index (Phi) is 5.16. The van der Waals surface area contributed by atoms with Crippen molar-refractivity contribution in [1.29, 1.82) is 0 Å². The molecule has 0 aliphatic rings. The molecule has 3 nitrogen and oxygen atoms in total. The zero-order chi connectivity index (χ0) is 22.1. The van der Waals surface area contributed by atoms with Gasteiger partial charge in [-0.15, -0.1) is 0 Å². The highest BCUT2D eigenvalue weighted by molar-refractivity contribution is 6.10. The van der Waals surface area contributed by atoms with Crippen molar-refractivity contribution >= 4 is 32.7 Å². The van der Waals surface area contributed by atoms with E-state index in [-0.39, 0.29) is 0 Å². The minimum Gasteiger partial charge on any atom is -0.293 e. The van der Waals surface area contributed by atoms with Crippen LogP contribution in [0.15, 0.2) is 97.1 Å². The Morgan fingerprint density at radius 1 is 0.594 bits per heavy atom. The van der Waals surface area contributed by atoms with Crippen LogP contribution in [-0.2, 0) is 0 Å². The largest absolute Gasteiger partial charge is 0.293 e. The Morgan fingerprint density at radius 3 is 2.06 bits per heavy atom. The maximum atomic E-state index is 5.09. The lowest BCUT2D eigenvalue weighted by Crippen LogP contribution is -2.02. The van der Waals surface area contributed by atoms with Gasteiger partial charge in [0, 0.05) is 21.7 Å². The van der Waals surface area contributed by atoms with Crippen LogP contribution in [0.4, 0.5) is 0 Å². The van der Waals surface area contributed by atoms with Crippen LogP contribution >= 0.6 is 0 Å². The number of hydrogen-bond acceptors (Lipinski definition) is 2. The lowest BCUT2D eigenvalue weighted by atomic mass is 10.1. The van der Waals surface area contributed by atoms with E-state index in [1.165, 1.54) is 16.3 Å². The molecule has 0 spiro atoms. The smallest absolute Gasteiger partial charge is 0.162 e. The second-order valence-corrected chi connectivity index (χ2v) is 7.63. The molecule has 4 aromatic carbocycles. The number of para-hydroxylation sites is 2. The predicted molar refractivity (Wildman–Crippen MR) is 135 cm³/mol. The van der Waals surface area contributed by atoms with Gasteiger partial charge in [-0.2, -0.15) is 0 Å². The van der Waals surface area contributed by atoms with Crippen molar-refractivity contribution in [3.8, 4) is 17.2 Å². The van der Waals surface area contributed by atoms with Gasteiger partial charge in [0.1, 0.15) is 5.82 Å². The molecule has 156 valence electrons. The van der Waals surface area contributed by atoms with Crippen LogP contribution in [0.25, 0.3) is 49.9 Å². The lowest BCUT2D eigenvalue weighted by molar-refractivity contribution is 1.07. The zero-order valence-electron chi connectivity index (χ0n) is 18.6. The highest BCUT2D eigenvalue weighted by atomic mass is 15.1. The predicted octanol–water partition coefficient (Wildman–Crippen LogP) is 7.73. The van der Waals surface area contributed by atoms with Crippen LogP contribution in [-0.4, -0.2) is 14.5 Å². The normalized spacial score (nSPS) is 11.0. The van der Waals surface area contributed by atoms with Crippen LogP contribution in [0, 0.1) is 6.92 Å². The Morgan fingerprint density at radius 2 is 1.25 bits per heavy atom. The summed E-state index contributed by atoms with van der Waals surface area (Å²) < 4.78 is 2.28. The Labute approximate surface area is 188 Å². The molecule has 0 fully saturated rings. The van der Waals surface area contributed by atoms with Gasteiger partial charge in [0.2, 0.25) is 0 Å².